The van der Waals surface area contributed by atoms with E-state index in [-0.39, 0.29) is 5.02 Å². The van der Waals surface area contributed by atoms with Crippen molar-refractivity contribution < 1.29 is 33.9 Å². The fourth-order valence-electron chi connectivity index (χ4n) is 3.44. The average Bonchev–Trinajstić information content (AvgIpc) is 2.52. The van der Waals surface area contributed by atoms with Crippen molar-refractivity contribution in [1.82, 2.24) is 0 Å². The summed E-state index contributed by atoms with van der Waals surface area (Å²) in [6.45, 7) is 3.16. The molecule has 2 N–H and O–H groups in total. The van der Waals surface area contributed by atoms with Gasteiger partial charge in [-0.2, -0.15) is 13.2 Å². The van der Waals surface area contributed by atoms with Gasteiger partial charge >= 0.3 is 6.18 Å². The van der Waals surface area contributed by atoms with Crippen molar-refractivity contribution in [3.63, 3.8) is 0 Å². The van der Waals surface area contributed by atoms with Gasteiger partial charge in [-0.25, -0.2) is 4.39 Å². The number of benzene rings is 2. The van der Waals surface area contributed by atoms with Crippen molar-refractivity contribution in [2.24, 2.45) is 5.73 Å². The molecule has 0 spiro atoms. The summed E-state index contributed by atoms with van der Waals surface area (Å²) in [5.41, 5.74) is 2.81. The molecule has 0 aliphatic carbocycles. The van der Waals surface area contributed by atoms with E-state index in [4.69, 9.17) is 33.7 Å². The first-order valence-corrected chi connectivity index (χ1v) is 9.22. The lowest BCUT2D eigenvalue weighted by Crippen LogP contribution is -2.58. The Hall–Kier alpha value is -1.50. The molecular formula is C20H22Cl2F4NO+. The van der Waals surface area contributed by atoms with Gasteiger partial charge in [0.05, 0.1) is 7.11 Å². The summed E-state index contributed by atoms with van der Waals surface area (Å²) in [4.78, 5) is 0. The molecule has 0 saturated heterocycles. The molecule has 0 fully saturated rings. The van der Waals surface area contributed by atoms with Gasteiger partial charge in [-0.15, -0.1) is 0 Å². The minimum atomic E-state index is -4.71. The Bertz CT molecular complexity index is 834. The molecule has 0 amide bonds. The Balaban J connectivity index is 2.47. The van der Waals surface area contributed by atoms with E-state index in [1.807, 2.05) is 0 Å². The number of methoxy groups -OCH3 is 1. The lowest BCUT2D eigenvalue weighted by Gasteiger charge is -2.39. The number of rotatable bonds is 6. The Kier molecular flexibility index (Phi) is 6.58. The van der Waals surface area contributed by atoms with Gasteiger partial charge < -0.3 is 10.5 Å². The third-order valence-electron chi connectivity index (χ3n) is 4.66. The maximum Gasteiger partial charge on any atom is 0.406 e. The lowest BCUT2D eigenvalue weighted by molar-refractivity contribution is -0.289. The molecule has 28 heavy (non-hydrogen) atoms. The molecule has 2 nitrogen and oxygen atoms in total. The van der Waals surface area contributed by atoms with E-state index in [0.29, 0.717) is 21.9 Å². The van der Waals surface area contributed by atoms with Gasteiger partial charge in [-0.1, -0.05) is 25.4 Å². The fraction of sp³-hybridized carbons (Fsp3) is 0.400. The molecule has 2 aromatic carbocycles. The molecule has 2 rings (SSSR count). The fourth-order valence-corrected chi connectivity index (χ4v) is 4.04. The molecule has 2 aromatic rings. The lowest BCUT2D eigenvalue weighted by atomic mass is 9.71. The van der Waals surface area contributed by atoms with Crippen LogP contribution in [-0.2, 0) is 11.8 Å². The van der Waals surface area contributed by atoms with Crippen LogP contribution in [0.5, 0.6) is 5.75 Å². The molecule has 1 unspecified atom stereocenters. The highest BCUT2D eigenvalue weighted by atomic mass is 35.5. The predicted molar refractivity (Wildman–Crippen MR) is 99.3 cm³/mol. The van der Waals surface area contributed by atoms with E-state index < -0.39 is 35.8 Å². The van der Waals surface area contributed by atoms with Crippen molar-refractivity contribution >= 4 is 11.6 Å². The number of halogens is 6. The quantitative estimate of drug-likeness (QED) is 0.616. The van der Waals surface area contributed by atoms with Crippen molar-refractivity contribution in [3.8, 4) is 5.75 Å². The molecule has 8 heteroatoms. The van der Waals surface area contributed by atoms with E-state index in [1.165, 1.54) is 43.5 Å². The highest BCUT2D eigenvalue weighted by molar-refractivity contribution is 6.30. The number of hydrogen-bond acceptors (Lipinski definition) is 2. The highest BCUT2D eigenvalue weighted by Gasteiger charge is 2.54. The Morgan fingerprint density at radius 1 is 1.11 bits per heavy atom. The summed E-state index contributed by atoms with van der Waals surface area (Å²) in [5.74, 6) is -0.268. The summed E-state index contributed by atoms with van der Waals surface area (Å²) in [6, 6.07) is 8.10. The van der Waals surface area contributed by atoms with Crippen LogP contribution < -0.4 is 10.5 Å². The summed E-state index contributed by atoms with van der Waals surface area (Å²) in [6.07, 6.45) is -5.72. The van der Waals surface area contributed by atoms with Crippen molar-refractivity contribution in [3.05, 3.63) is 63.4 Å². The topological polar surface area (TPSA) is 35.2 Å². The summed E-state index contributed by atoms with van der Waals surface area (Å²) >= 11 is 11.0. The zero-order chi connectivity index (χ0) is 21.3. The van der Waals surface area contributed by atoms with Gasteiger partial charge in [0.25, 0.3) is 0 Å². The Labute approximate surface area is 171 Å². The van der Waals surface area contributed by atoms with Gasteiger partial charge in [0, 0.05) is 22.7 Å². The zero-order valence-corrected chi connectivity index (χ0v) is 17.2. The van der Waals surface area contributed by atoms with Crippen molar-refractivity contribution in [2.45, 2.75) is 43.8 Å². The molecule has 0 aliphatic heterocycles. The van der Waals surface area contributed by atoms with Gasteiger partial charge in [0.15, 0.2) is 11.6 Å². The van der Waals surface area contributed by atoms with Gasteiger partial charge in [-0.3, -0.25) is 0 Å². The van der Waals surface area contributed by atoms with E-state index in [9.17, 15) is 17.6 Å². The van der Waals surface area contributed by atoms with Crippen molar-refractivity contribution in [1.29, 1.82) is 0 Å². The van der Waals surface area contributed by atoms with Gasteiger partial charge in [-0.05, 0) is 48.1 Å². The summed E-state index contributed by atoms with van der Waals surface area (Å²) < 4.78 is 61.0. The van der Waals surface area contributed by atoms with Crippen LogP contribution >= 0.6 is 11.6 Å². The van der Waals surface area contributed by atoms with Crippen LogP contribution in [0.15, 0.2) is 36.4 Å². The second-order valence-corrected chi connectivity index (χ2v) is 8.44. The van der Waals surface area contributed by atoms with E-state index in [0.717, 1.165) is 0 Å². The number of alkyl halides is 3. The molecular weight excluding hydrogens is 417 g/mol. The molecule has 0 saturated carbocycles. The maximum atomic E-state index is 14.0. The molecule has 0 heterocycles. The molecule has 0 radical (unpaired) electrons. The SMILES string of the molecule is COc1ccc(F)cc1C(C)(C)CC(N)(Cc1cc(Cl)cc([ClH+])c1)C(F)(F)F. The second kappa shape index (κ2) is 8.09. The normalized spacial score (nSPS) is 14.6. The Morgan fingerprint density at radius 3 is 2.29 bits per heavy atom. The number of ether oxygens (including phenoxy) is 1. The van der Waals surface area contributed by atoms with E-state index in [1.54, 1.807) is 13.8 Å². The molecule has 154 valence electrons. The molecule has 1 atom stereocenters. The minimum Gasteiger partial charge on any atom is -0.496 e. The molecule has 0 aromatic heterocycles. The monoisotopic (exact) mass is 438 g/mol. The molecule has 0 bridgehead atoms. The van der Waals surface area contributed by atoms with Gasteiger partial charge in [0.2, 0.25) is 5.02 Å². The minimum absolute atomic E-state index is 0.248. The maximum absolute atomic E-state index is 14.0. The van der Waals surface area contributed by atoms with Crippen LogP contribution in [0.25, 0.3) is 0 Å². The Morgan fingerprint density at radius 2 is 1.75 bits per heavy atom. The van der Waals surface area contributed by atoms with E-state index in [2.05, 4.69) is 0 Å². The standard InChI is InChI=1S/C20H22Cl2F4NO/c1-18(2,16-9-15(23)4-5-17(16)28-3)11-19(27,20(24,25)26)10-12-6-13(21)8-14(22)7-12/h4-9,21H,10-11,27H2,1-3H3/q+1. The van der Waals surface area contributed by atoms with Crippen LogP contribution in [0.3, 0.4) is 0 Å². The predicted octanol–water partition coefficient (Wildman–Crippen LogP) is 5.35. The van der Waals surface area contributed by atoms with Crippen LogP contribution in [-0.4, -0.2) is 18.8 Å². The number of hydrogen-bond donors (Lipinski definition) is 1. The molecule has 0 aliphatic rings. The van der Waals surface area contributed by atoms with Gasteiger partial charge in [0.1, 0.15) is 17.1 Å². The number of nitrogens with two attached hydrogens (primary N) is 1. The summed E-state index contributed by atoms with van der Waals surface area (Å²) in [7, 11) is 1.38. The zero-order valence-electron chi connectivity index (χ0n) is 15.7. The van der Waals surface area contributed by atoms with Crippen LogP contribution in [0, 0.1) is 17.4 Å². The first-order valence-electron chi connectivity index (χ1n) is 8.43. The first kappa shape index (κ1) is 22.8. The third-order valence-corrected chi connectivity index (χ3v) is 5.12. The largest absolute Gasteiger partial charge is 0.496 e. The van der Waals surface area contributed by atoms with Crippen LogP contribution in [0.1, 0.15) is 31.4 Å². The average molecular weight is 439 g/mol. The van der Waals surface area contributed by atoms with E-state index >= 15 is 0 Å². The van der Waals surface area contributed by atoms with Crippen LogP contribution in [0.2, 0.25) is 10.0 Å². The second-order valence-electron chi connectivity index (χ2n) is 7.53. The first-order chi connectivity index (χ1) is 12.8. The third kappa shape index (κ3) is 5.10. The van der Waals surface area contributed by atoms with Crippen LogP contribution in [0.4, 0.5) is 17.6 Å². The highest BCUT2D eigenvalue weighted by Crippen LogP contribution is 2.44. The summed E-state index contributed by atoms with van der Waals surface area (Å²) in [5, 5.41) is 0.580. The van der Waals surface area contributed by atoms with Crippen molar-refractivity contribution in [2.75, 3.05) is 7.11 Å². The smallest absolute Gasteiger partial charge is 0.406 e.